The summed E-state index contributed by atoms with van der Waals surface area (Å²) in [5.41, 5.74) is 3.13. The molecular formula is C26H36N4O3. The normalized spacial score (nSPS) is 13.3. The summed E-state index contributed by atoms with van der Waals surface area (Å²) in [6, 6.07) is 6.46. The Morgan fingerprint density at radius 1 is 1.24 bits per heavy atom. The highest BCUT2D eigenvalue weighted by molar-refractivity contribution is 5.77. The second-order valence-electron chi connectivity index (χ2n) is 9.09. The Bertz CT molecular complexity index is 987. The number of benzene rings is 1. The number of H-pyrrole nitrogens is 1. The zero-order chi connectivity index (χ0) is 24.4. The lowest BCUT2D eigenvalue weighted by Crippen LogP contribution is -2.39. The van der Waals surface area contributed by atoms with E-state index >= 15 is 0 Å². The van der Waals surface area contributed by atoms with Crippen LogP contribution in [0.1, 0.15) is 64.5 Å². The average Bonchev–Trinajstić information content (AvgIpc) is 3.22. The zero-order valence-electron chi connectivity index (χ0n) is 20.4. The van der Waals surface area contributed by atoms with Gasteiger partial charge in [-0.05, 0) is 43.2 Å². The van der Waals surface area contributed by atoms with Crippen LogP contribution >= 0.6 is 0 Å². The van der Waals surface area contributed by atoms with Crippen LogP contribution in [0.5, 0.6) is 0 Å². The summed E-state index contributed by atoms with van der Waals surface area (Å²) in [4.78, 5) is 31.1. The summed E-state index contributed by atoms with van der Waals surface area (Å²) in [6.45, 7) is 10.2. The van der Waals surface area contributed by atoms with E-state index < -0.39 is 4.92 Å². The molecule has 0 bridgehead atoms. The van der Waals surface area contributed by atoms with Gasteiger partial charge in [0.2, 0.25) is 5.91 Å². The van der Waals surface area contributed by atoms with Crippen molar-refractivity contribution in [3.05, 3.63) is 81.5 Å². The number of nitro benzene ring substituents is 1. The molecule has 33 heavy (non-hydrogen) atoms. The van der Waals surface area contributed by atoms with Crippen molar-refractivity contribution in [2.75, 3.05) is 0 Å². The Labute approximate surface area is 196 Å². The number of hydrogen-bond donors (Lipinski definition) is 2. The quantitative estimate of drug-likeness (QED) is 0.253. The Balaban J connectivity index is 2.05. The highest BCUT2D eigenvalue weighted by Crippen LogP contribution is 2.24. The van der Waals surface area contributed by atoms with Crippen LogP contribution in [-0.2, 0) is 24.1 Å². The maximum absolute atomic E-state index is 12.7. The van der Waals surface area contributed by atoms with Crippen molar-refractivity contribution in [2.45, 2.75) is 72.8 Å². The minimum Gasteiger partial charge on any atom is -0.349 e. The minimum absolute atomic E-state index is 0.0406. The van der Waals surface area contributed by atoms with E-state index in [1.54, 1.807) is 12.1 Å². The standard InChI is InChI=1S/C26H36N4O3/c1-6-9-20(7-2)23(29-25(31)17-26(4,5)8-3)16-24-27-18-21(28-24)13-10-19-11-14-22(15-12-19)30(32)33/h6-7,9,11-12,14-15,18,23H,8,10,13,16-17H2,1-5H3,(H,27,28)(H,29,31)/b9-6-,20-7+. The van der Waals surface area contributed by atoms with Crippen LogP contribution < -0.4 is 5.32 Å². The molecule has 178 valence electrons. The Kier molecular flexibility index (Phi) is 9.57. The van der Waals surface area contributed by atoms with Crippen LogP contribution in [0.25, 0.3) is 0 Å². The molecule has 1 aromatic heterocycles. The predicted octanol–water partition coefficient (Wildman–Crippen LogP) is 5.48. The van der Waals surface area contributed by atoms with Crippen molar-refractivity contribution < 1.29 is 9.72 Å². The van der Waals surface area contributed by atoms with Gasteiger partial charge in [0.05, 0.1) is 11.0 Å². The van der Waals surface area contributed by atoms with E-state index in [0.29, 0.717) is 12.8 Å². The molecule has 7 heteroatoms. The molecule has 1 atom stereocenters. The third-order valence-corrected chi connectivity index (χ3v) is 5.93. The number of nitrogens with zero attached hydrogens (tertiary/aromatic N) is 2. The zero-order valence-corrected chi connectivity index (χ0v) is 20.4. The van der Waals surface area contributed by atoms with Gasteiger partial charge in [0, 0.05) is 36.9 Å². The molecule has 0 aliphatic heterocycles. The number of non-ortho nitro benzene ring substituents is 1. The molecular weight excluding hydrogens is 416 g/mol. The van der Waals surface area contributed by atoms with Crippen LogP contribution in [0.3, 0.4) is 0 Å². The molecule has 7 nitrogen and oxygen atoms in total. The van der Waals surface area contributed by atoms with Crippen LogP contribution in [0, 0.1) is 15.5 Å². The summed E-state index contributed by atoms with van der Waals surface area (Å²) < 4.78 is 0. The molecule has 1 aromatic carbocycles. The number of carbonyl (C=O) groups is 1. The first kappa shape index (κ1) is 26.0. The number of allylic oxidation sites excluding steroid dienone is 2. The largest absolute Gasteiger partial charge is 0.349 e. The molecule has 2 rings (SSSR count). The lowest BCUT2D eigenvalue weighted by molar-refractivity contribution is -0.384. The van der Waals surface area contributed by atoms with E-state index in [9.17, 15) is 14.9 Å². The highest BCUT2D eigenvalue weighted by Gasteiger charge is 2.23. The van der Waals surface area contributed by atoms with Gasteiger partial charge >= 0.3 is 0 Å². The van der Waals surface area contributed by atoms with E-state index in [1.807, 2.05) is 38.3 Å². The molecule has 0 aliphatic rings. The second kappa shape index (κ2) is 12.1. The van der Waals surface area contributed by atoms with Gasteiger partial charge < -0.3 is 10.3 Å². The Hall–Kier alpha value is -3.22. The van der Waals surface area contributed by atoms with Gasteiger partial charge in [-0.3, -0.25) is 14.9 Å². The summed E-state index contributed by atoms with van der Waals surface area (Å²) in [7, 11) is 0. The number of aromatic amines is 1. The van der Waals surface area contributed by atoms with Gasteiger partial charge in [0.25, 0.3) is 5.69 Å². The molecule has 1 amide bonds. The molecule has 0 aliphatic carbocycles. The van der Waals surface area contributed by atoms with Gasteiger partial charge in [0.15, 0.2) is 0 Å². The number of amides is 1. The molecule has 0 saturated carbocycles. The van der Waals surface area contributed by atoms with Crippen molar-refractivity contribution >= 4 is 11.6 Å². The molecule has 1 unspecified atom stereocenters. The lowest BCUT2D eigenvalue weighted by atomic mass is 9.86. The van der Waals surface area contributed by atoms with Crippen molar-refractivity contribution in [3.63, 3.8) is 0 Å². The van der Waals surface area contributed by atoms with Gasteiger partial charge in [-0.15, -0.1) is 0 Å². The number of rotatable bonds is 12. The summed E-state index contributed by atoms with van der Waals surface area (Å²) >= 11 is 0. The number of nitrogens with one attached hydrogen (secondary N) is 2. The van der Waals surface area contributed by atoms with E-state index in [0.717, 1.165) is 41.9 Å². The first-order valence-corrected chi connectivity index (χ1v) is 11.5. The van der Waals surface area contributed by atoms with Crippen LogP contribution in [0.4, 0.5) is 5.69 Å². The van der Waals surface area contributed by atoms with Crippen molar-refractivity contribution in [1.29, 1.82) is 0 Å². The van der Waals surface area contributed by atoms with Gasteiger partial charge in [0.1, 0.15) is 5.82 Å². The average molecular weight is 453 g/mol. The number of nitro groups is 1. The first-order chi connectivity index (χ1) is 15.7. The fourth-order valence-corrected chi connectivity index (χ4v) is 3.56. The van der Waals surface area contributed by atoms with Crippen LogP contribution in [0.15, 0.2) is 54.3 Å². The van der Waals surface area contributed by atoms with E-state index in [2.05, 4.69) is 36.1 Å². The number of imidazole rings is 1. The number of hydrogen-bond acceptors (Lipinski definition) is 4. The monoisotopic (exact) mass is 452 g/mol. The number of aryl methyl sites for hydroxylation is 2. The first-order valence-electron chi connectivity index (χ1n) is 11.5. The minimum atomic E-state index is -0.393. The van der Waals surface area contributed by atoms with Crippen molar-refractivity contribution in [2.24, 2.45) is 5.41 Å². The number of carbonyl (C=O) groups excluding carboxylic acids is 1. The molecule has 0 radical (unpaired) electrons. The third kappa shape index (κ3) is 8.33. The van der Waals surface area contributed by atoms with Crippen LogP contribution in [-0.4, -0.2) is 26.8 Å². The Morgan fingerprint density at radius 2 is 1.94 bits per heavy atom. The highest BCUT2D eigenvalue weighted by atomic mass is 16.6. The van der Waals surface area contributed by atoms with E-state index in [1.165, 1.54) is 12.1 Å². The molecule has 1 heterocycles. The topological polar surface area (TPSA) is 101 Å². The van der Waals surface area contributed by atoms with Gasteiger partial charge in [-0.25, -0.2) is 4.98 Å². The molecule has 0 saturated heterocycles. The predicted molar refractivity (Wildman–Crippen MR) is 132 cm³/mol. The molecule has 2 N–H and O–H groups in total. The van der Waals surface area contributed by atoms with Crippen molar-refractivity contribution in [1.82, 2.24) is 15.3 Å². The Morgan fingerprint density at radius 3 is 2.52 bits per heavy atom. The van der Waals surface area contributed by atoms with Gasteiger partial charge in [-0.2, -0.15) is 0 Å². The smallest absolute Gasteiger partial charge is 0.269 e. The maximum atomic E-state index is 12.7. The molecule has 2 aromatic rings. The van der Waals surface area contributed by atoms with Gasteiger partial charge in [-0.1, -0.05) is 57.6 Å². The van der Waals surface area contributed by atoms with E-state index in [-0.39, 0.29) is 23.1 Å². The lowest BCUT2D eigenvalue weighted by Gasteiger charge is -2.25. The summed E-state index contributed by atoms with van der Waals surface area (Å²) in [6.07, 6.45) is 11.3. The third-order valence-electron chi connectivity index (χ3n) is 5.93. The molecule has 0 fully saturated rings. The van der Waals surface area contributed by atoms with Crippen molar-refractivity contribution in [3.8, 4) is 0 Å². The number of aromatic nitrogens is 2. The fraction of sp³-hybridized carbons (Fsp3) is 0.462. The van der Waals surface area contributed by atoms with Crippen LogP contribution in [0.2, 0.25) is 0 Å². The maximum Gasteiger partial charge on any atom is 0.269 e. The second-order valence-corrected chi connectivity index (χ2v) is 9.09. The summed E-state index contributed by atoms with van der Waals surface area (Å²) in [5, 5.41) is 14.0. The fourth-order valence-electron chi connectivity index (χ4n) is 3.56. The van der Waals surface area contributed by atoms with E-state index in [4.69, 9.17) is 0 Å². The summed E-state index contributed by atoms with van der Waals surface area (Å²) in [5.74, 6) is 0.859. The SMILES string of the molecule is C/C=C\C(=C/C)C(Cc1ncc(CCc2ccc([N+](=O)[O-])cc2)[nH]1)NC(=O)CC(C)(C)CC. The molecule has 0 spiro atoms.